The van der Waals surface area contributed by atoms with E-state index in [1.54, 1.807) is 0 Å². The highest BCUT2D eigenvalue weighted by Crippen LogP contribution is 2.41. The summed E-state index contributed by atoms with van der Waals surface area (Å²) < 4.78 is 0. The number of hydrazine groups is 1. The van der Waals surface area contributed by atoms with Gasteiger partial charge in [0.25, 0.3) is 0 Å². The summed E-state index contributed by atoms with van der Waals surface area (Å²) in [6.45, 7) is 1.14. The zero-order valence-electron chi connectivity index (χ0n) is 11.9. The van der Waals surface area contributed by atoms with Gasteiger partial charge in [0, 0.05) is 24.6 Å². The first-order valence-electron chi connectivity index (χ1n) is 7.97. The van der Waals surface area contributed by atoms with Crippen LogP contribution in [-0.4, -0.2) is 22.6 Å². The predicted molar refractivity (Wildman–Crippen MR) is 79.5 cm³/mol. The number of nitrogen functional groups attached to an aromatic ring is 1. The molecule has 0 aromatic carbocycles. The summed E-state index contributed by atoms with van der Waals surface area (Å²) in [4.78, 5) is 11.9. The fraction of sp³-hybridized carbons (Fsp3) is 0.733. The van der Waals surface area contributed by atoms with Crippen molar-refractivity contribution >= 4 is 11.6 Å². The van der Waals surface area contributed by atoms with Crippen molar-refractivity contribution in [2.45, 2.75) is 56.9 Å². The Morgan fingerprint density at radius 1 is 1.10 bits per heavy atom. The van der Waals surface area contributed by atoms with Crippen molar-refractivity contribution in [1.29, 1.82) is 0 Å². The van der Waals surface area contributed by atoms with Crippen molar-refractivity contribution in [1.82, 2.24) is 9.97 Å². The Bertz CT molecular complexity index is 499. The normalized spacial score (nSPS) is 29.4. The van der Waals surface area contributed by atoms with E-state index in [1.165, 1.54) is 44.9 Å². The highest BCUT2D eigenvalue weighted by atomic mass is 15.3. The summed E-state index contributed by atoms with van der Waals surface area (Å²) in [6, 6.07) is 2.71. The molecule has 2 saturated carbocycles. The Hall–Kier alpha value is -1.36. The number of hydrogen-bond donors (Lipinski definition) is 2. The molecule has 0 radical (unpaired) electrons. The quantitative estimate of drug-likeness (QED) is 0.654. The lowest BCUT2D eigenvalue weighted by molar-refractivity contribution is 0.341. The van der Waals surface area contributed by atoms with Crippen LogP contribution in [-0.2, 0) is 0 Å². The Morgan fingerprint density at radius 2 is 1.95 bits per heavy atom. The van der Waals surface area contributed by atoms with E-state index in [2.05, 4.69) is 15.3 Å². The number of nitrogens with two attached hydrogens (primary N) is 1. The Kier molecular flexibility index (Phi) is 3.02. The smallest absolute Gasteiger partial charge is 0.145 e. The second-order valence-electron chi connectivity index (χ2n) is 6.48. The minimum atomic E-state index is 0.562. The lowest BCUT2D eigenvalue weighted by Crippen LogP contribution is -2.35. The van der Waals surface area contributed by atoms with Crippen LogP contribution in [0.2, 0.25) is 0 Å². The van der Waals surface area contributed by atoms with E-state index >= 15 is 0 Å². The second kappa shape index (κ2) is 4.88. The number of rotatable bonds is 3. The van der Waals surface area contributed by atoms with Gasteiger partial charge in [-0.25, -0.2) is 15.8 Å². The molecule has 20 heavy (non-hydrogen) atoms. The van der Waals surface area contributed by atoms with Gasteiger partial charge in [-0.3, -0.25) is 0 Å². The molecule has 0 bridgehead atoms. The van der Waals surface area contributed by atoms with Gasteiger partial charge in [0.15, 0.2) is 0 Å². The van der Waals surface area contributed by atoms with E-state index < -0.39 is 0 Å². The molecule has 0 amide bonds. The third-order valence-electron chi connectivity index (χ3n) is 5.12. The molecular formula is C15H23N5. The van der Waals surface area contributed by atoms with Gasteiger partial charge in [0.05, 0.1) is 0 Å². The number of nitrogens with zero attached hydrogens (tertiary/aromatic N) is 3. The first kappa shape index (κ1) is 12.4. The van der Waals surface area contributed by atoms with E-state index in [-0.39, 0.29) is 0 Å². The molecule has 0 spiro atoms. The molecule has 5 nitrogen and oxygen atoms in total. The van der Waals surface area contributed by atoms with Gasteiger partial charge in [-0.1, -0.05) is 12.8 Å². The lowest BCUT2D eigenvalue weighted by Gasteiger charge is -2.32. The molecule has 3 N–H and O–H groups in total. The number of fused-ring (bicyclic) bond motifs is 1. The molecule has 2 aliphatic carbocycles. The van der Waals surface area contributed by atoms with Crippen LogP contribution in [0.25, 0.3) is 0 Å². The molecule has 1 aromatic heterocycles. The monoisotopic (exact) mass is 273 g/mol. The molecule has 1 aliphatic heterocycles. The molecule has 5 heteroatoms. The highest BCUT2D eigenvalue weighted by Gasteiger charge is 2.37. The van der Waals surface area contributed by atoms with E-state index in [4.69, 9.17) is 10.8 Å². The predicted octanol–water partition coefficient (Wildman–Crippen LogP) is 2.41. The van der Waals surface area contributed by atoms with Crippen LogP contribution in [0.1, 0.15) is 56.7 Å². The van der Waals surface area contributed by atoms with Gasteiger partial charge in [0.2, 0.25) is 0 Å². The number of aromatic nitrogens is 2. The van der Waals surface area contributed by atoms with E-state index in [0.29, 0.717) is 12.0 Å². The summed E-state index contributed by atoms with van der Waals surface area (Å²) in [6.07, 6.45) is 9.24. The van der Waals surface area contributed by atoms with Gasteiger partial charge in [-0.15, -0.1) is 0 Å². The molecule has 2 unspecified atom stereocenters. The fourth-order valence-electron chi connectivity index (χ4n) is 3.89. The van der Waals surface area contributed by atoms with Crippen molar-refractivity contribution in [2.24, 2.45) is 11.8 Å². The summed E-state index contributed by atoms with van der Waals surface area (Å²) in [7, 11) is 0. The molecule has 2 heterocycles. The average Bonchev–Trinajstić information content (AvgIpc) is 3.26. The summed E-state index contributed by atoms with van der Waals surface area (Å²) >= 11 is 0. The van der Waals surface area contributed by atoms with E-state index in [0.717, 1.165) is 29.9 Å². The van der Waals surface area contributed by atoms with Crippen LogP contribution in [0.5, 0.6) is 0 Å². The van der Waals surface area contributed by atoms with Crippen molar-refractivity contribution in [3.05, 3.63) is 11.9 Å². The van der Waals surface area contributed by atoms with Crippen LogP contribution >= 0.6 is 0 Å². The standard InChI is InChI=1S/C15H23N5/c16-19-13-9-14(18-15(17-13)11-5-6-11)20-8-7-10-3-1-2-4-12(10)20/h9-12H,1-8,16H2,(H,17,18,19). The van der Waals surface area contributed by atoms with Crippen molar-refractivity contribution in [3.8, 4) is 0 Å². The maximum atomic E-state index is 5.58. The van der Waals surface area contributed by atoms with Crippen LogP contribution in [0.15, 0.2) is 6.07 Å². The zero-order valence-corrected chi connectivity index (χ0v) is 11.9. The topological polar surface area (TPSA) is 67.1 Å². The average molecular weight is 273 g/mol. The first-order valence-corrected chi connectivity index (χ1v) is 7.97. The molecule has 108 valence electrons. The van der Waals surface area contributed by atoms with Crippen molar-refractivity contribution < 1.29 is 0 Å². The Balaban J connectivity index is 1.65. The third kappa shape index (κ3) is 2.14. The number of anilines is 2. The number of hydrogen-bond acceptors (Lipinski definition) is 5. The van der Waals surface area contributed by atoms with Gasteiger partial charge < -0.3 is 10.3 Å². The first-order chi connectivity index (χ1) is 9.85. The number of nitrogens with one attached hydrogen (secondary N) is 1. The minimum Gasteiger partial charge on any atom is -0.353 e. The molecular weight excluding hydrogens is 250 g/mol. The van der Waals surface area contributed by atoms with Crippen LogP contribution < -0.4 is 16.2 Å². The highest BCUT2D eigenvalue weighted by molar-refractivity contribution is 5.51. The van der Waals surface area contributed by atoms with Crippen molar-refractivity contribution in [3.63, 3.8) is 0 Å². The fourth-order valence-corrected chi connectivity index (χ4v) is 3.89. The molecule has 3 aliphatic rings. The van der Waals surface area contributed by atoms with Gasteiger partial charge in [0.1, 0.15) is 17.5 Å². The van der Waals surface area contributed by atoms with Crippen molar-refractivity contribution in [2.75, 3.05) is 16.9 Å². The van der Waals surface area contributed by atoms with Crippen LogP contribution in [0, 0.1) is 5.92 Å². The molecule has 1 saturated heterocycles. The molecule has 3 fully saturated rings. The third-order valence-corrected chi connectivity index (χ3v) is 5.12. The molecule has 1 aromatic rings. The largest absolute Gasteiger partial charge is 0.353 e. The maximum absolute atomic E-state index is 5.58. The second-order valence-corrected chi connectivity index (χ2v) is 6.48. The van der Waals surface area contributed by atoms with Gasteiger partial charge in [-0.05, 0) is 38.0 Å². The summed E-state index contributed by atoms with van der Waals surface area (Å²) in [5, 5.41) is 0. The minimum absolute atomic E-state index is 0.562. The SMILES string of the molecule is NNc1cc(N2CCC3CCCCC32)nc(C2CC2)n1. The summed E-state index contributed by atoms with van der Waals surface area (Å²) in [5.41, 5.74) is 2.71. The zero-order chi connectivity index (χ0) is 13.5. The van der Waals surface area contributed by atoms with E-state index in [9.17, 15) is 0 Å². The lowest BCUT2D eigenvalue weighted by atomic mass is 9.85. The molecule has 4 rings (SSSR count). The Morgan fingerprint density at radius 3 is 2.75 bits per heavy atom. The van der Waals surface area contributed by atoms with Crippen LogP contribution in [0.3, 0.4) is 0 Å². The van der Waals surface area contributed by atoms with Gasteiger partial charge >= 0.3 is 0 Å². The van der Waals surface area contributed by atoms with Gasteiger partial charge in [-0.2, -0.15) is 0 Å². The van der Waals surface area contributed by atoms with E-state index in [1.807, 2.05) is 6.07 Å². The van der Waals surface area contributed by atoms with Crippen LogP contribution in [0.4, 0.5) is 11.6 Å². The summed E-state index contributed by atoms with van der Waals surface area (Å²) in [5.74, 6) is 9.84. The molecule has 2 atom stereocenters. The maximum Gasteiger partial charge on any atom is 0.145 e. The Labute approximate surface area is 119 Å².